The van der Waals surface area contributed by atoms with E-state index in [0.29, 0.717) is 12.5 Å². The van der Waals surface area contributed by atoms with Crippen LogP contribution >= 0.6 is 0 Å². The molecule has 14 heavy (non-hydrogen) atoms. The van der Waals surface area contributed by atoms with Crippen LogP contribution in [0.15, 0.2) is 6.20 Å². The lowest BCUT2D eigenvalue weighted by Crippen LogP contribution is -2.08. The molecule has 1 saturated carbocycles. The van der Waals surface area contributed by atoms with Crippen LogP contribution in [0.25, 0.3) is 0 Å². The standard InChI is InChI=1S/C8H11F2N3O/c9-8(10)7(14)6-4-13(12-11-6)3-5-1-2-5/h4-5,7-8,14H,1-3H2. The van der Waals surface area contributed by atoms with Gasteiger partial charge in [-0.2, -0.15) is 0 Å². The molecule has 78 valence electrons. The first-order valence-corrected chi connectivity index (χ1v) is 4.53. The molecular weight excluding hydrogens is 192 g/mol. The third-order valence-electron chi connectivity index (χ3n) is 2.24. The van der Waals surface area contributed by atoms with E-state index in [9.17, 15) is 8.78 Å². The Morgan fingerprint density at radius 2 is 2.29 bits per heavy atom. The molecule has 1 atom stereocenters. The SMILES string of the molecule is OC(c1cn(CC2CC2)nn1)C(F)F. The second-order valence-electron chi connectivity index (χ2n) is 3.59. The molecule has 0 radical (unpaired) electrons. The number of hydrogen-bond donors (Lipinski definition) is 1. The van der Waals surface area contributed by atoms with Crippen molar-refractivity contribution in [1.29, 1.82) is 0 Å². The van der Waals surface area contributed by atoms with Gasteiger partial charge in [0.1, 0.15) is 5.69 Å². The van der Waals surface area contributed by atoms with Gasteiger partial charge >= 0.3 is 0 Å². The lowest BCUT2D eigenvalue weighted by Gasteiger charge is -2.03. The van der Waals surface area contributed by atoms with Crippen LogP contribution in [-0.2, 0) is 6.54 Å². The minimum Gasteiger partial charge on any atom is -0.381 e. The van der Waals surface area contributed by atoms with E-state index >= 15 is 0 Å². The molecule has 0 saturated heterocycles. The molecule has 1 heterocycles. The molecule has 0 aromatic carbocycles. The van der Waals surface area contributed by atoms with Gasteiger partial charge in [-0.05, 0) is 18.8 Å². The normalized spacial score (nSPS) is 18.9. The first-order chi connectivity index (χ1) is 6.66. The lowest BCUT2D eigenvalue weighted by molar-refractivity contribution is -0.00828. The zero-order valence-corrected chi connectivity index (χ0v) is 7.48. The summed E-state index contributed by atoms with van der Waals surface area (Å²) in [5, 5.41) is 16.2. The van der Waals surface area contributed by atoms with Gasteiger partial charge in [-0.15, -0.1) is 5.10 Å². The minimum atomic E-state index is -2.80. The van der Waals surface area contributed by atoms with E-state index in [0.717, 1.165) is 12.8 Å². The van der Waals surface area contributed by atoms with E-state index in [4.69, 9.17) is 5.11 Å². The van der Waals surface area contributed by atoms with Crippen molar-refractivity contribution >= 4 is 0 Å². The molecule has 0 bridgehead atoms. The van der Waals surface area contributed by atoms with Crippen molar-refractivity contribution in [2.75, 3.05) is 0 Å². The number of rotatable bonds is 4. The van der Waals surface area contributed by atoms with E-state index in [2.05, 4.69) is 10.3 Å². The third kappa shape index (κ3) is 2.06. The maximum atomic E-state index is 12.1. The molecule has 0 amide bonds. The fraction of sp³-hybridized carbons (Fsp3) is 0.750. The van der Waals surface area contributed by atoms with E-state index < -0.39 is 12.5 Å². The molecule has 1 aromatic rings. The van der Waals surface area contributed by atoms with Gasteiger partial charge in [0, 0.05) is 6.54 Å². The summed E-state index contributed by atoms with van der Waals surface area (Å²) in [6.07, 6.45) is -0.919. The number of alkyl halides is 2. The van der Waals surface area contributed by atoms with Crippen LogP contribution < -0.4 is 0 Å². The van der Waals surface area contributed by atoms with Gasteiger partial charge < -0.3 is 5.11 Å². The van der Waals surface area contributed by atoms with E-state index in [1.807, 2.05) is 0 Å². The van der Waals surface area contributed by atoms with Crippen molar-refractivity contribution in [1.82, 2.24) is 15.0 Å². The van der Waals surface area contributed by atoms with Crippen LogP contribution in [0, 0.1) is 5.92 Å². The first kappa shape index (κ1) is 9.51. The third-order valence-corrected chi connectivity index (χ3v) is 2.24. The molecule has 1 aliphatic carbocycles. The van der Waals surface area contributed by atoms with Gasteiger partial charge in [-0.25, -0.2) is 8.78 Å². The van der Waals surface area contributed by atoms with Gasteiger partial charge in [0.2, 0.25) is 0 Å². The predicted octanol–water partition coefficient (Wildman–Crippen LogP) is 0.987. The predicted molar refractivity (Wildman–Crippen MR) is 43.7 cm³/mol. The molecule has 6 heteroatoms. The number of hydrogen-bond acceptors (Lipinski definition) is 3. The number of halogens is 2. The molecule has 0 aliphatic heterocycles. The fourth-order valence-corrected chi connectivity index (χ4v) is 1.23. The maximum Gasteiger partial charge on any atom is 0.269 e. The van der Waals surface area contributed by atoms with Crippen molar-refractivity contribution < 1.29 is 13.9 Å². The van der Waals surface area contributed by atoms with E-state index in [1.54, 1.807) is 0 Å². The van der Waals surface area contributed by atoms with Crippen LogP contribution in [-0.4, -0.2) is 26.5 Å². The molecule has 1 fully saturated rings. The van der Waals surface area contributed by atoms with Crippen LogP contribution in [0.4, 0.5) is 8.78 Å². The summed E-state index contributed by atoms with van der Waals surface area (Å²) in [6.45, 7) is 0.711. The molecule has 4 nitrogen and oxygen atoms in total. The molecule has 1 aromatic heterocycles. The average Bonchev–Trinajstić information content (AvgIpc) is 2.81. The largest absolute Gasteiger partial charge is 0.381 e. The molecule has 0 spiro atoms. The Bertz CT molecular complexity index is 311. The highest BCUT2D eigenvalue weighted by Gasteiger charge is 2.25. The number of aromatic nitrogens is 3. The first-order valence-electron chi connectivity index (χ1n) is 4.53. The Labute approximate surface area is 79.5 Å². The quantitative estimate of drug-likeness (QED) is 0.793. The van der Waals surface area contributed by atoms with Crippen molar-refractivity contribution in [3.8, 4) is 0 Å². The van der Waals surface area contributed by atoms with Gasteiger partial charge in [0.15, 0.2) is 6.10 Å². The molecule has 1 aliphatic rings. The highest BCUT2D eigenvalue weighted by atomic mass is 19.3. The number of nitrogens with zero attached hydrogens (tertiary/aromatic N) is 3. The average molecular weight is 203 g/mol. The Morgan fingerprint density at radius 3 is 2.86 bits per heavy atom. The summed E-state index contributed by atoms with van der Waals surface area (Å²) in [7, 11) is 0. The summed E-state index contributed by atoms with van der Waals surface area (Å²) in [5.41, 5.74) is -0.0550. The summed E-state index contributed by atoms with van der Waals surface area (Å²) < 4.78 is 25.7. The highest BCUT2D eigenvalue weighted by molar-refractivity contribution is 4.98. The summed E-state index contributed by atoms with van der Waals surface area (Å²) in [4.78, 5) is 0. The van der Waals surface area contributed by atoms with Crippen molar-refractivity contribution in [2.24, 2.45) is 5.92 Å². The summed E-state index contributed by atoms with van der Waals surface area (Å²) in [6, 6.07) is 0. The van der Waals surface area contributed by atoms with Crippen LogP contribution in [0.3, 0.4) is 0 Å². The number of aliphatic hydroxyl groups is 1. The monoisotopic (exact) mass is 203 g/mol. The molecular formula is C8H11F2N3O. The highest BCUT2D eigenvalue weighted by Crippen LogP contribution is 2.30. The topological polar surface area (TPSA) is 50.9 Å². The lowest BCUT2D eigenvalue weighted by atomic mass is 10.3. The smallest absolute Gasteiger partial charge is 0.269 e. The van der Waals surface area contributed by atoms with Gasteiger partial charge in [-0.1, -0.05) is 5.21 Å². The molecule has 1 N–H and O–H groups in total. The minimum absolute atomic E-state index is 0.0550. The van der Waals surface area contributed by atoms with Gasteiger partial charge in [0.25, 0.3) is 6.43 Å². The van der Waals surface area contributed by atoms with Crippen LogP contribution in [0.5, 0.6) is 0 Å². The Kier molecular flexibility index (Phi) is 2.45. The van der Waals surface area contributed by atoms with Crippen LogP contribution in [0.1, 0.15) is 24.6 Å². The molecule has 1 unspecified atom stereocenters. The second-order valence-corrected chi connectivity index (χ2v) is 3.59. The second kappa shape index (κ2) is 3.61. The van der Waals surface area contributed by atoms with Crippen LogP contribution in [0.2, 0.25) is 0 Å². The van der Waals surface area contributed by atoms with Gasteiger partial charge in [0.05, 0.1) is 6.20 Å². The van der Waals surface area contributed by atoms with E-state index in [1.165, 1.54) is 10.9 Å². The maximum absolute atomic E-state index is 12.1. The van der Waals surface area contributed by atoms with Crippen molar-refractivity contribution in [3.05, 3.63) is 11.9 Å². The summed E-state index contributed by atoms with van der Waals surface area (Å²) in [5.74, 6) is 0.605. The zero-order chi connectivity index (χ0) is 10.1. The Hall–Kier alpha value is -1.04. The fourth-order valence-electron chi connectivity index (χ4n) is 1.23. The Morgan fingerprint density at radius 1 is 1.57 bits per heavy atom. The van der Waals surface area contributed by atoms with Crippen molar-refractivity contribution in [3.63, 3.8) is 0 Å². The Balaban J connectivity index is 2.00. The van der Waals surface area contributed by atoms with Gasteiger partial charge in [-0.3, -0.25) is 4.68 Å². The zero-order valence-electron chi connectivity index (χ0n) is 7.48. The van der Waals surface area contributed by atoms with Crippen molar-refractivity contribution in [2.45, 2.75) is 31.9 Å². The summed E-state index contributed by atoms with van der Waals surface area (Å²) >= 11 is 0. The molecule has 2 rings (SSSR count). The number of aliphatic hydroxyl groups excluding tert-OH is 1. The van der Waals surface area contributed by atoms with E-state index in [-0.39, 0.29) is 5.69 Å².